The summed E-state index contributed by atoms with van der Waals surface area (Å²) in [7, 11) is 1.33. The Kier molecular flexibility index (Phi) is 3.93. The molecule has 0 aliphatic heterocycles. The Morgan fingerprint density at radius 1 is 1.64 bits per heavy atom. The molecule has 2 rings (SSSR count). The highest BCUT2D eigenvalue weighted by molar-refractivity contribution is 5.86. The Morgan fingerprint density at radius 3 is 2.43 bits per heavy atom. The molecule has 78 valence electrons. The van der Waals surface area contributed by atoms with Gasteiger partial charge < -0.3 is 4.74 Å². The second-order valence-corrected chi connectivity index (χ2v) is 3.98. The fraction of sp³-hybridized carbons (Fsp3) is 0.583. The van der Waals surface area contributed by atoms with Crippen LogP contribution in [0, 0.1) is 5.92 Å². The molecule has 2 bridgehead atoms. The zero-order chi connectivity index (χ0) is 10.6. The molecule has 2 aliphatic carbocycles. The van der Waals surface area contributed by atoms with E-state index in [9.17, 15) is 4.79 Å². The van der Waals surface area contributed by atoms with E-state index in [1.165, 1.54) is 32.8 Å². The Bertz CT molecular complexity index is 263. The second-order valence-electron chi connectivity index (χ2n) is 3.98. The number of ether oxygens (including phenoxy) is 1. The maximum Gasteiger partial charge on any atom is 0.332 e. The van der Waals surface area contributed by atoms with Crippen molar-refractivity contribution in [3.8, 4) is 0 Å². The number of hydrogen-bond acceptors (Lipinski definition) is 2. The molecule has 2 nitrogen and oxygen atoms in total. The van der Waals surface area contributed by atoms with Crippen molar-refractivity contribution in [2.24, 2.45) is 5.92 Å². The first-order chi connectivity index (χ1) is 6.63. The summed E-state index contributed by atoms with van der Waals surface area (Å²) >= 11 is 0. The molecule has 1 saturated carbocycles. The molecule has 1 fully saturated rings. The maximum absolute atomic E-state index is 10.2. The third-order valence-electron chi connectivity index (χ3n) is 2.70. The zero-order valence-electron chi connectivity index (χ0n) is 9.01. The van der Waals surface area contributed by atoms with Gasteiger partial charge in [0.25, 0.3) is 0 Å². The van der Waals surface area contributed by atoms with Crippen molar-refractivity contribution in [3.05, 3.63) is 23.8 Å². The Hall–Kier alpha value is -1.05. The van der Waals surface area contributed by atoms with Crippen LogP contribution >= 0.6 is 0 Å². The van der Waals surface area contributed by atoms with Crippen LogP contribution in [0.2, 0.25) is 0 Å². The molecule has 0 aromatic heterocycles. The fourth-order valence-corrected chi connectivity index (χ4v) is 1.86. The average Bonchev–Trinajstić information content (AvgIpc) is 2.80. The molecular formula is C12H18O2. The smallest absolute Gasteiger partial charge is 0.332 e. The van der Waals surface area contributed by atoms with Crippen molar-refractivity contribution in [1.29, 1.82) is 0 Å². The lowest BCUT2D eigenvalue weighted by molar-refractivity contribution is -0.136. The van der Waals surface area contributed by atoms with Gasteiger partial charge >= 0.3 is 5.97 Å². The monoisotopic (exact) mass is 194 g/mol. The van der Waals surface area contributed by atoms with Crippen LogP contribution in [0.5, 0.6) is 0 Å². The van der Waals surface area contributed by atoms with Crippen LogP contribution in [-0.4, -0.2) is 13.1 Å². The lowest BCUT2D eigenvalue weighted by Gasteiger charge is -1.98. The van der Waals surface area contributed by atoms with Crippen molar-refractivity contribution in [1.82, 2.24) is 0 Å². The minimum absolute atomic E-state index is 0.347. The minimum atomic E-state index is -0.347. The number of rotatable bonds is 1. The number of carbonyl (C=O) groups excluding carboxylic acids is 1. The summed E-state index contributed by atoms with van der Waals surface area (Å²) in [6, 6.07) is 0. The zero-order valence-corrected chi connectivity index (χ0v) is 9.01. The first-order valence-electron chi connectivity index (χ1n) is 5.05. The number of hydrogen-bond donors (Lipinski definition) is 0. The summed E-state index contributed by atoms with van der Waals surface area (Å²) in [6.45, 7) is 4.95. The average molecular weight is 194 g/mol. The number of methoxy groups -OCH3 is 1. The van der Waals surface area contributed by atoms with Gasteiger partial charge in [-0.3, -0.25) is 0 Å². The molecule has 0 amide bonds. The Balaban J connectivity index is 0.000000140. The van der Waals surface area contributed by atoms with Gasteiger partial charge in [0.1, 0.15) is 0 Å². The Labute approximate surface area is 85.6 Å². The van der Waals surface area contributed by atoms with Gasteiger partial charge in [0.05, 0.1) is 7.11 Å². The van der Waals surface area contributed by atoms with Crippen LogP contribution in [0.25, 0.3) is 0 Å². The van der Waals surface area contributed by atoms with Crippen molar-refractivity contribution in [2.75, 3.05) is 7.11 Å². The molecule has 14 heavy (non-hydrogen) atoms. The summed E-state index contributed by atoms with van der Waals surface area (Å²) in [5.74, 6) is 0.731. The summed E-state index contributed by atoms with van der Waals surface area (Å²) in [4.78, 5) is 10.2. The highest BCUT2D eigenvalue weighted by Gasteiger charge is 2.22. The number of carbonyl (C=O) groups is 1. The van der Waals surface area contributed by atoms with Gasteiger partial charge in [0.2, 0.25) is 0 Å². The predicted octanol–water partition coefficient (Wildman–Crippen LogP) is 2.85. The summed E-state index contributed by atoms with van der Waals surface area (Å²) in [6.07, 6.45) is 8.18. The van der Waals surface area contributed by atoms with Gasteiger partial charge in [-0.05, 0) is 38.5 Å². The van der Waals surface area contributed by atoms with E-state index < -0.39 is 0 Å². The van der Waals surface area contributed by atoms with Gasteiger partial charge in [-0.2, -0.15) is 0 Å². The molecule has 1 atom stereocenters. The fourth-order valence-electron chi connectivity index (χ4n) is 1.86. The molecule has 0 N–H and O–H groups in total. The van der Waals surface area contributed by atoms with E-state index in [2.05, 4.69) is 17.4 Å². The molecule has 0 aromatic carbocycles. The third-order valence-corrected chi connectivity index (χ3v) is 2.70. The number of esters is 1. The second kappa shape index (κ2) is 4.99. The van der Waals surface area contributed by atoms with Gasteiger partial charge in [-0.25, -0.2) is 4.79 Å². The van der Waals surface area contributed by atoms with E-state index in [1.54, 1.807) is 12.5 Å². The van der Waals surface area contributed by atoms with Crippen molar-refractivity contribution in [2.45, 2.75) is 32.6 Å². The largest absolute Gasteiger partial charge is 0.466 e. The van der Waals surface area contributed by atoms with Gasteiger partial charge in [0, 0.05) is 5.57 Å². The van der Waals surface area contributed by atoms with Crippen LogP contribution in [0.4, 0.5) is 0 Å². The number of allylic oxidation sites excluding steroid dienone is 2. The molecule has 0 aromatic rings. The topological polar surface area (TPSA) is 26.3 Å². The van der Waals surface area contributed by atoms with Crippen LogP contribution in [0.3, 0.4) is 0 Å². The maximum atomic E-state index is 10.2. The van der Waals surface area contributed by atoms with Gasteiger partial charge in [-0.1, -0.05) is 18.2 Å². The Morgan fingerprint density at radius 2 is 2.36 bits per heavy atom. The summed E-state index contributed by atoms with van der Waals surface area (Å²) < 4.78 is 4.27. The molecule has 2 heteroatoms. The van der Waals surface area contributed by atoms with E-state index >= 15 is 0 Å². The van der Waals surface area contributed by atoms with Gasteiger partial charge in [0.15, 0.2) is 0 Å². The SMILES string of the molecule is C1=C2CCC(C1)C2.C=C(C)C(=O)OC. The van der Waals surface area contributed by atoms with Crippen LogP contribution in [0.15, 0.2) is 23.8 Å². The lowest BCUT2D eigenvalue weighted by Crippen LogP contribution is -1.98. The van der Waals surface area contributed by atoms with E-state index in [4.69, 9.17) is 0 Å². The molecule has 0 radical (unpaired) electrons. The van der Waals surface area contributed by atoms with Crippen molar-refractivity contribution in [3.63, 3.8) is 0 Å². The summed E-state index contributed by atoms with van der Waals surface area (Å²) in [5.41, 5.74) is 2.17. The first kappa shape index (κ1) is 11.0. The summed E-state index contributed by atoms with van der Waals surface area (Å²) in [5, 5.41) is 0. The van der Waals surface area contributed by atoms with Crippen molar-refractivity contribution < 1.29 is 9.53 Å². The van der Waals surface area contributed by atoms with E-state index in [-0.39, 0.29) is 5.97 Å². The lowest BCUT2D eigenvalue weighted by atomic mass is 10.1. The standard InChI is InChI=1S/C7H10.C5H8O2/c1-2-7-4-3-6(1)5-7;1-4(2)5(6)7-3/h1,7H,2-5H2;1H2,2-3H3. The highest BCUT2D eigenvalue weighted by atomic mass is 16.5. The van der Waals surface area contributed by atoms with Gasteiger partial charge in [-0.15, -0.1) is 0 Å². The molecule has 2 aliphatic rings. The predicted molar refractivity (Wildman–Crippen MR) is 56.9 cm³/mol. The normalized spacial score (nSPS) is 22.1. The van der Waals surface area contributed by atoms with Crippen LogP contribution in [-0.2, 0) is 9.53 Å². The molecular weight excluding hydrogens is 176 g/mol. The number of fused-ring (bicyclic) bond motifs is 2. The third kappa shape index (κ3) is 3.02. The quantitative estimate of drug-likeness (QED) is 0.364. The van der Waals surface area contributed by atoms with E-state index in [0.29, 0.717) is 5.57 Å². The molecule has 0 spiro atoms. The van der Waals surface area contributed by atoms with Crippen LogP contribution < -0.4 is 0 Å². The van der Waals surface area contributed by atoms with Crippen LogP contribution in [0.1, 0.15) is 32.6 Å². The van der Waals surface area contributed by atoms with E-state index in [0.717, 1.165) is 5.92 Å². The molecule has 0 saturated heterocycles. The molecule has 0 heterocycles. The highest BCUT2D eigenvalue weighted by Crippen LogP contribution is 2.38. The first-order valence-corrected chi connectivity index (χ1v) is 5.05. The molecule has 1 unspecified atom stereocenters. The van der Waals surface area contributed by atoms with E-state index in [1.807, 2.05) is 0 Å². The van der Waals surface area contributed by atoms with Crippen molar-refractivity contribution >= 4 is 5.97 Å². The minimum Gasteiger partial charge on any atom is -0.466 e.